The van der Waals surface area contributed by atoms with Crippen LogP contribution in [0.25, 0.3) is 0 Å². The maximum absolute atomic E-state index is 13.5. The second-order valence-corrected chi connectivity index (χ2v) is 10.0. The lowest BCUT2D eigenvalue weighted by atomic mass is 10.1. The first kappa shape index (κ1) is 24.7. The predicted octanol–water partition coefficient (Wildman–Crippen LogP) is 2.52. The second kappa shape index (κ2) is 10.8. The topological polar surface area (TPSA) is 116 Å². The first-order valence-electron chi connectivity index (χ1n) is 10.9. The van der Waals surface area contributed by atoms with E-state index in [0.29, 0.717) is 24.2 Å². The minimum Gasteiger partial charge on any atom is -0.381 e. The van der Waals surface area contributed by atoms with Gasteiger partial charge in [0.1, 0.15) is 11.9 Å². The molecule has 2 aromatic rings. The number of rotatable bonds is 8. The lowest BCUT2D eigenvalue weighted by Gasteiger charge is -2.17. The highest BCUT2D eigenvalue weighted by Gasteiger charge is 2.24. The smallest absolute Gasteiger partial charge is 0.252 e. The summed E-state index contributed by atoms with van der Waals surface area (Å²) in [7, 11) is -3.89. The average molecular weight is 477 g/mol. The van der Waals surface area contributed by atoms with Crippen molar-refractivity contribution in [3.05, 3.63) is 59.4 Å². The molecule has 2 amide bonds. The van der Waals surface area contributed by atoms with Crippen molar-refractivity contribution in [1.29, 1.82) is 0 Å². The summed E-state index contributed by atoms with van der Waals surface area (Å²) < 4.78 is 41.6. The number of hydrogen-bond acceptors (Lipinski definition) is 5. The van der Waals surface area contributed by atoms with E-state index in [4.69, 9.17) is 0 Å². The Morgan fingerprint density at radius 2 is 1.97 bits per heavy atom. The molecule has 8 nitrogen and oxygen atoms in total. The van der Waals surface area contributed by atoms with Crippen LogP contribution in [0.4, 0.5) is 10.1 Å². The summed E-state index contributed by atoms with van der Waals surface area (Å²) in [6.07, 6.45) is 2.13. The second-order valence-electron chi connectivity index (χ2n) is 8.32. The first-order valence-corrected chi connectivity index (χ1v) is 12.4. The van der Waals surface area contributed by atoms with E-state index in [2.05, 4.69) is 20.7 Å². The zero-order valence-electron chi connectivity index (χ0n) is 18.7. The summed E-state index contributed by atoms with van der Waals surface area (Å²) >= 11 is 0. The Morgan fingerprint density at radius 3 is 2.70 bits per heavy atom. The third-order valence-electron chi connectivity index (χ3n) is 5.10. The highest BCUT2D eigenvalue weighted by molar-refractivity contribution is 7.89. The van der Waals surface area contributed by atoms with Gasteiger partial charge < -0.3 is 16.0 Å². The van der Waals surface area contributed by atoms with Crippen LogP contribution >= 0.6 is 0 Å². The van der Waals surface area contributed by atoms with Crippen LogP contribution in [0.2, 0.25) is 0 Å². The fourth-order valence-corrected chi connectivity index (χ4v) is 4.86. The lowest BCUT2D eigenvalue weighted by Crippen LogP contribution is -2.45. The number of hydrogen-bond donors (Lipinski definition) is 4. The van der Waals surface area contributed by atoms with Gasteiger partial charge in [0.15, 0.2) is 0 Å². The van der Waals surface area contributed by atoms with Gasteiger partial charge in [0.05, 0.1) is 4.90 Å². The highest BCUT2D eigenvalue weighted by atomic mass is 32.2. The molecule has 2 aromatic carbocycles. The van der Waals surface area contributed by atoms with Crippen LogP contribution in [0.5, 0.6) is 0 Å². The standard InChI is InChI=1S/C23H29FN4O4S/c1-15(2)28-33(31,32)20-12-17(22(29)27-21-8-3-4-9-25-23(21)30)11-19(13-20)26-14-16-6-5-7-18(24)10-16/h5-7,10-13,15,21,26,28H,3-4,8-9,14H2,1-2H3,(H,25,30)(H,27,29)/t21-/m0/s1. The Kier molecular flexibility index (Phi) is 8.04. The molecule has 0 spiro atoms. The molecule has 0 radical (unpaired) electrons. The average Bonchev–Trinajstić information content (AvgIpc) is 2.95. The maximum Gasteiger partial charge on any atom is 0.252 e. The Hall–Kier alpha value is -2.98. The molecule has 1 fully saturated rings. The molecule has 0 unspecified atom stereocenters. The minimum absolute atomic E-state index is 0.0871. The summed E-state index contributed by atoms with van der Waals surface area (Å²) in [5.41, 5.74) is 1.13. The minimum atomic E-state index is -3.89. The summed E-state index contributed by atoms with van der Waals surface area (Å²) in [5.74, 6) is -1.18. The van der Waals surface area contributed by atoms with Crippen molar-refractivity contribution < 1.29 is 22.4 Å². The van der Waals surface area contributed by atoms with Gasteiger partial charge in [0.2, 0.25) is 15.9 Å². The normalized spacial score (nSPS) is 16.7. The van der Waals surface area contributed by atoms with E-state index in [0.717, 1.165) is 12.8 Å². The number of sulfonamides is 1. The number of benzene rings is 2. The number of carbonyl (C=O) groups excluding carboxylic acids is 2. The van der Waals surface area contributed by atoms with Crippen molar-refractivity contribution >= 4 is 27.5 Å². The van der Waals surface area contributed by atoms with Crippen LogP contribution in [0, 0.1) is 5.82 Å². The van der Waals surface area contributed by atoms with Gasteiger partial charge in [0, 0.05) is 30.4 Å². The quantitative estimate of drug-likeness (QED) is 0.467. The molecule has 3 rings (SSSR count). The van der Waals surface area contributed by atoms with Crippen molar-refractivity contribution in [3.63, 3.8) is 0 Å². The number of nitrogens with one attached hydrogen (secondary N) is 4. The summed E-state index contributed by atoms with van der Waals surface area (Å²) in [6.45, 7) is 4.18. The van der Waals surface area contributed by atoms with Crippen molar-refractivity contribution in [2.45, 2.75) is 56.6 Å². The molecule has 10 heteroatoms. The van der Waals surface area contributed by atoms with E-state index < -0.39 is 22.0 Å². The molecule has 0 aromatic heterocycles. The molecule has 1 saturated heterocycles. The molecule has 1 heterocycles. The third kappa shape index (κ3) is 7.00. The van der Waals surface area contributed by atoms with E-state index >= 15 is 0 Å². The Labute approximate surface area is 193 Å². The summed E-state index contributed by atoms with van der Waals surface area (Å²) in [4.78, 5) is 25.1. The highest BCUT2D eigenvalue weighted by Crippen LogP contribution is 2.21. The van der Waals surface area contributed by atoms with Gasteiger partial charge in [-0.05, 0) is 69.0 Å². The molecular formula is C23H29FN4O4S. The molecule has 33 heavy (non-hydrogen) atoms. The van der Waals surface area contributed by atoms with E-state index in [1.54, 1.807) is 26.0 Å². The van der Waals surface area contributed by atoms with Crippen molar-refractivity contribution in [2.75, 3.05) is 11.9 Å². The van der Waals surface area contributed by atoms with Crippen molar-refractivity contribution in [2.24, 2.45) is 0 Å². The maximum atomic E-state index is 13.5. The fraction of sp³-hybridized carbons (Fsp3) is 0.391. The zero-order valence-corrected chi connectivity index (χ0v) is 19.5. The lowest BCUT2D eigenvalue weighted by molar-refractivity contribution is -0.122. The van der Waals surface area contributed by atoms with Gasteiger partial charge >= 0.3 is 0 Å². The molecular weight excluding hydrogens is 447 g/mol. The van der Waals surface area contributed by atoms with Gasteiger partial charge in [-0.2, -0.15) is 0 Å². The molecule has 178 valence electrons. The van der Waals surface area contributed by atoms with Gasteiger partial charge in [0.25, 0.3) is 5.91 Å². The number of amides is 2. The van der Waals surface area contributed by atoms with E-state index in [9.17, 15) is 22.4 Å². The molecule has 1 atom stereocenters. The van der Waals surface area contributed by atoms with Crippen LogP contribution in [-0.4, -0.2) is 38.9 Å². The molecule has 0 aliphatic carbocycles. The molecule has 4 N–H and O–H groups in total. The number of carbonyl (C=O) groups is 2. The number of halogens is 1. The van der Waals surface area contributed by atoms with Gasteiger partial charge in [-0.3, -0.25) is 9.59 Å². The third-order valence-corrected chi connectivity index (χ3v) is 6.73. The van der Waals surface area contributed by atoms with E-state index in [1.807, 2.05) is 0 Å². The Bertz CT molecular complexity index is 1120. The van der Waals surface area contributed by atoms with Crippen molar-refractivity contribution in [1.82, 2.24) is 15.4 Å². The van der Waals surface area contributed by atoms with Crippen LogP contribution in [0.15, 0.2) is 47.4 Å². The van der Waals surface area contributed by atoms with Crippen LogP contribution < -0.4 is 20.7 Å². The van der Waals surface area contributed by atoms with Gasteiger partial charge in [-0.1, -0.05) is 12.1 Å². The van der Waals surface area contributed by atoms with Crippen LogP contribution in [0.3, 0.4) is 0 Å². The van der Waals surface area contributed by atoms with Crippen molar-refractivity contribution in [3.8, 4) is 0 Å². The molecule has 1 aliphatic rings. The van der Waals surface area contributed by atoms with Gasteiger partial charge in [-0.15, -0.1) is 0 Å². The summed E-state index contributed by atoms with van der Waals surface area (Å²) in [6, 6.07) is 9.19. The van der Waals surface area contributed by atoms with Crippen LogP contribution in [0.1, 0.15) is 49.0 Å². The van der Waals surface area contributed by atoms with E-state index in [1.165, 1.54) is 30.3 Å². The monoisotopic (exact) mass is 476 g/mol. The first-order chi connectivity index (χ1) is 15.6. The predicted molar refractivity (Wildman–Crippen MR) is 124 cm³/mol. The fourth-order valence-electron chi connectivity index (χ4n) is 3.54. The molecule has 0 bridgehead atoms. The SMILES string of the molecule is CC(C)NS(=O)(=O)c1cc(NCc2cccc(F)c2)cc(C(=O)N[C@H]2CCCCNC2=O)c1. The summed E-state index contributed by atoms with van der Waals surface area (Å²) in [5, 5.41) is 8.52. The number of anilines is 1. The molecule has 0 saturated carbocycles. The van der Waals surface area contributed by atoms with E-state index in [-0.39, 0.29) is 34.8 Å². The zero-order chi connectivity index (χ0) is 24.0. The van der Waals surface area contributed by atoms with Crippen LogP contribution in [-0.2, 0) is 21.4 Å². The Morgan fingerprint density at radius 1 is 1.18 bits per heavy atom. The molecule has 1 aliphatic heterocycles. The van der Waals surface area contributed by atoms with Gasteiger partial charge in [-0.25, -0.2) is 17.5 Å². The largest absolute Gasteiger partial charge is 0.381 e. The Balaban J connectivity index is 1.89.